The second-order valence-corrected chi connectivity index (χ2v) is 3.59. The summed E-state index contributed by atoms with van der Waals surface area (Å²) in [6.07, 6.45) is 0. The second kappa shape index (κ2) is 63.3. The summed E-state index contributed by atoms with van der Waals surface area (Å²) >= 11 is 0. The van der Waals surface area contributed by atoms with Gasteiger partial charge in [0.15, 0.2) is 0 Å². The molecular weight excluding hydrogens is 477 g/mol. The molecule has 3 rings (SSSR count). The van der Waals surface area contributed by atoms with Crippen molar-refractivity contribution in [1.29, 1.82) is 0 Å². The van der Waals surface area contributed by atoms with Crippen LogP contribution in [-0.2, 0) is 32.7 Å². The molecule has 197 valence electrons. The Kier molecular flexibility index (Phi) is 103. The van der Waals surface area contributed by atoms with Crippen LogP contribution in [-0.4, -0.2) is 14.1 Å². The van der Waals surface area contributed by atoms with Gasteiger partial charge in [0, 0.05) is 32.7 Å². The van der Waals surface area contributed by atoms with Gasteiger partial charge in [-0.25, -0.2) is 0 Å². The Morgan fingerprint density at radius 3 is 0.818 bits per heavy atom. The van der Waals surface area contributed by atoms with Crippen molar-refractivity contribution in [3.8, 4) is 0 Å². The molecule has 0 unspecified atom stereocenters. The first-order valence-corrected chi connectivity index (χ1v) is 13.2. The van der Waals surface area contributed by atoms with E-state index in [-0.39, 0.29) is 32.7 Å². The van der Waals surface area contributed by atoms with E-state index in [2.05, 4.69) is 46.7 Å². The third kappa shape index (κ3) is 31.3. The number of benzene rings is 2. The van der Waals surface area contributed by atoms with E-state index in [1.54, 1.807) is 14.1 Å². The maximum Gasteiger partial charge on any atom is 0 e. The van der Waals surface area contributed by atoms with E-state index in [9.17, 15) is 0 Å². The quantitative estimate of drug-likeness (QED) is 0.279. The van der Waals surface area contributed by atoms with E-state index in [4.69, 9.17) is 0 Å². The van der Waals surface area contributed by atoms with Crippen LogP contribution < -0.4 is 4.98 Å². The minimum atomic E-state index is 0. The molecule has 1 heterocycles. The molecule has 3 heteroatoms. The van der Waals surface area contributed by atoms with Crippen molar-refractivity contribution in [2.24, 2.45) is 0 Å². The van der Waals surface area contributed by atoms with E-state index < -0.39 is 0 Å². The molecular formula is C30H62N2Y-2. The summed E-state index contributed by atoms with van der Waals surface area (Å²) in [4.78, 5) is 4.52. The van der Waals surface area contributed by atoms with Gasteiger partial charge in [0.25, 0.3) is 0 Å². The molecule has 0 N–H and O–H groups in total. The summed E-state index contributed by atoms with van der Waals surface area (Å²) in [7, 11) is 3.50. The van der Waals surface area contributed by atoms with Gasteiger partial charge in [-0.15, -0.1) is 11.0 Å². The van der Waals surface area contributed by atoms with E-state index in [0.717, 1.165) is 11.0 Å². The maximum absolute atomic E-state index is 4.52. The molecule has 0 amide bonds. The fraction of sp³-hybridized carbons (Fsp3) is 0.600. The van der Waals surface area contributed by atoms with E-state index in [1.165, 1.54) is 10.8 Å². The number of aromatic nitrogens is 1. The van der Waals surface area contributed by atoms with Gasteiger partial charge >= 0.3 is 0 Å². The molecule has 3 aromatic rings. The SMILES string of the molecule is CC.CC.CC.CC.CC.CC.CC.CC.C[N-]C.[Y].c1ccc2c(c1)[n-]c1ccccc12. The molecule has 0 saturated heterocycles. The smallest absolute Gasteiger partial charge is 0 e. The number of hydrogen-bond donors (Lipinski definition) is 0. The molecule has 1 aromatic heterocycles. The van der Waals surface area contributed by atoms with Gasteiger partial charge in [-0.1, -0.05) is 159 Å². The molecule has 2 aromatic carbocycles. The van der Waals surface area contributed by atoms with Crippen LogP contribution in [0.1, 0.15) is 111 Å². The Bertz CT molecular complexity index is 539. The zero-order valence-electron chi connectivity index (χ0n) is 26.1. The van der Waals surface area contributed by atoms with Gasteiger partial charge in [-0.2, -0.15) is 14.1 Å². The monoisotopic (exact) mass is 539 g/mol. The minimum absolute atomic E-state index is 0. The Morgan fingerprint density at radius 1 is 0.424 bits per heavy atom. The van der Waals surface area contributed by atoms with Crippen molar-refractivity contribution in [1.82, 2.24) is 4.98 Å². The van der Waals surface area contributed by atoms with Crippen molar-refractivity contribution in [3.63, 3.8) is 0 Å². The van der Waals surface area contributed by atoms with Crippen LogP contribution in [0.25, 0.3) is 27.1 Å². The van der Waals surface area contributed by atoms with E-state index in [0.29, 0.717) is 0 Å². The maximum atomic E-state index is 4.52. The topological polar surface area (TPSA) is 28.2 Å². The number of hydrogen-bond acceptors (Lipinski definition) is 0. The molecule has 0 saturated carbocycles. The molecule has 1 radical (unpaired) electrons. The van der Waals surface area contributed by atoms with Crippen molar-refractivity contribution in [3.05, 3.63) is 53.8 Å². The summed E-state index contributed by atoms with van der Waals surface area (Å²) < 4.78 is 0. The van der Waals surface area contributed by atoms with E-state index >= 15 is 0 Å². The third-order valence-corrected chi connectivity index (χ3v) is 2.34. The van der Waals surface area contributed by atoms with Crippen molar-refractivity contribution in [2.75, 3.05) is 14.1 Å². The molecule has 2 nitrogen and oxygen atoms in total. The molecule has 0 bridgehead atoms. The van der Waals surface area contributed by atoms with Crippen LogP contribution in [0.2, 0.25) is 0 Å². The second-order valence-electron chi connectivity index (χ2n) is 3.59. The first-order valence-electron chi connectivity index (χ1n) is 13.2. The number of fused-ring (bicyclic) bond motifs is 3. The molecule has 0 atom stereocenters. The number of rotatable bonds is 0. The van der Waals surface area contributed by atoms with Crippen LogP contribution in [0.3, 0.4) is 0 Å². The van der Waals surface area contributed by atoms with Crippen molar-refractivity contribution >= 4 is 21.8 Å². The Balaban J connectivity index is -0.0000000448. The summed E-state index contributed by atoms with van der Waals surface area (Å²) in [5, 5.41) is 6.00. The summed E-state index contributed by atoms with van der Waals surface area (Å²) in [6, 6.07) is 16.5. The van der Waals surface area contributed by atoms with Gasteiger partial charge in [0.1, 0.15) is 0 Å². The average molecular weight is 540 g/mol. The van der Waals surface area contributed by atoms with Gasteiger partial charge in [0.05, 0.1) is 0 Å². The minimum Gasteiger partial charge on any atom is -0.668 e. The van der Waals surface area contributed by atoms with Crippen LogP contribution in [0.5, 0.6) is 0 Å². The standard InChI is InChI=1S/C12H8N.C2H6N.8C2H6.Y/c1-3-7-11-9(5-1)10-6-2-4-8-12(10)13-11;1-3-2;8*1-2;/h1-8H;1-2H3;8*1-2H3;/q2*-1;;;;;;;;;. The molecule has 0 aliphatic carbocycles. The zero-order chi connectivity index (χ0) is 27.4. The number of para-hydroxylation sites is 2. The fourth-order valence-corrected chi connectivity index (χ4v) is 1.73. The number of nitrogens with zero attached hydrogens (tertiary/aromatic N) is 2. The first-order chi connectivity index (χ1) is 15.9. The van der Waals surface area contributed by atoms with Gasteiger partial charge < -0.3 is 10.3 Å². The van der Waals surface area contributed by atoms with Gasteiger partial charge in [-0.05, 0) is 10.8 Å². The van der Waals surface area contributed by atoms with Crippen LogP contribution in [0, 0.1) is 0 Å². The summed E-state index contributed by atoms with van der Waals surface area (Å²) in [5.74, 6) is 0. The predicted molar refractivity (Wildman–Crippen MR) is 161 cm³/mol. The average Bonchev–Trinajstić information content (AvgIpc) is 3.33. The predicted octanol–water partition coefficient (Wildman–Crippen LogP) is 11.8. The van der Waals surface area contributed by atoms with Crippen LogP contribution >= 0.6 is 0 Å². The van der Waals surface area contributed by atoms with Crippen molar-refractivity contribution < 1.29 is 32.7 Å². The third-order valence-electron chi connectivity index (χ3n) is 2.34. The van der Waals surface area contributed by atoms with Crippen LogP contribution in [0.15, 0.2) is 48.5 Å². The van der Waals surface area contributed by atoms with Gasteiger partial charge in [0.2, 0.25) is 0 Å². The van der Waals surface area contributed by atoms with Crippen molar-refractivity contribution in [2.45, 2.75) is 111 Å². The van der Waals surface area contributed by atoms with E-state index in [1.807, 2.05) is 123 Å². The fourth-order valence-electron chi connectivity index (χ4n) is 1.73. The normalized spacial score (nSPS) is 6.36. The largest absolute Gasteiger partial charge is 0.668 e. The molecule has 0 spiro atoms. The Morgan fingerprint density at radius 2 is 0.606 bits per heavy atom. The van der Waals surface area contributed by atoms with Gasteiger partial charge in [-0.3, -0.25) is 0 Å². The first kappa shape index (κ1) is 53.6. The Hall–Kier alpha value is -0.696. The molecule has 0 aliphatic heterocycles. The summed E-state index contributed by atoms with van der Waals surface area (Å²) in [6.45, 7) is 32.0. The zero-order valence-corrected chi connectivity index (χ0v) is 28.9. The molecule has 0 aliphatic rings. The van der Waals surface area contributed by atoms with Crippen LogP contribution in [0.4, 0.5) is 0 Å². The molecule has 0 fully saturated rings. The molecule has 33 heavy (non-hydrogen) atoms. The summed E-state index contributed by atoms with van der Waals surface area (Å²) in [5.41, 5.74) is 2.17. The Labute approximate surface area is 237 Å².